The molecule has 0 N–H and O–H groups in total. The molecule has 0 atom stereocenters. The molecule has 0 bridgehead atoms. The van der Waals surface area contributed by atoms with Gasteiger partial charge in [-0.15, -0.1) is 0 Å². The Morgan fingerprint density at radius 3 is 1.28 bits per heavy atom. The Kier molecular flexibility index (Phi) is 6.60. The zero-order valence-corrected chi connectivity index (χ0v) is 27.5. The summed E-state index contributed by atoms with van der Waals surface area (Å²) in [6.45, 7) is 0. The Balaban J connectivity index is 1.27. The van der Waals surface area contributed by atoms with E-state index in [-0.39, 0.29) is 0 Å². The van der Waals surface area contributed by atoms with Crippen LogP contribution < -0.4 is 0 Å². The van der Waals surface area contributed by atoms with Gasteiger partial charge in [0, 0.05) is 0 Å². The van der Waals surface area contributed by atoms with Crippen LogP contribution in [0.3, 0.4) is 0 Å². The Morgan fingerprint density at radius 1 is 0.200 bits per heavy atom. The van der Waals surface area contributed by atoms with Crippen LogP contribution in [0.15, 0.2) is 194 Å². The Morgan fingerprint density at radius 2 is 0.600 bits per heavy atom. The minimum atomic E-state index is 1.24. The maximum atomic E-state index is 2.36. The van der Waals surface area contributed by atoms with Crippen molar-refractivity contribution in [2.45, 2.75) is 0 Å². The molecule has 0 saturated carbocycles. The summed E-state index contributed by atoms with van der Waals surface area (Å²) in [5.74, 6) is 0. The fourth-order valence-corrected chi connectivity index (χ4v) is 8.16. The van der Waals surface area contributed by atoms with Gasteiger partial charge in [-0.3, -0.25) is 0 Å². The number of fused-ring (bicyclic) bond motifs is 5. The highest BCUT2D eigenvalue weighted by Gasteiger charge is 2.18. The highest BCUT2D eigenvalue weighted by atomic mass is 14.2. The quantitative estimate of drug-likeness (QED) is 0.181. The molecule has 10 rings (SSSR count). The fraction of sp³-hybridized carbons (Fsp3) is 0. The molecule has 0 heteroatoms. The highest BCUT2D eigenvalue weighted by molar-refractivity contribution is 6.19. The van der Waals surface area contributed by atoms with E-state index in [9.17, 15) is 0 Å². The van der Waals surface area contributed by atoms with Crippen LogP contribution in [0.2, 0.25) is 0 Å². The van der Waals surface area contributed by atoms with Crippen LogP contribution >= 0.6 is 0 Å². The largest absolute Gasteiger partial charge is 0.0616 e. The Bertz CT molecular complexity index is 2830. The van der Waals surface area contributed by atoms with Gasteiger partial charge in [-0.1, -0.05) is 188 Å². The molecular formula is C50H32. The van der Waals surface area contributed by atoms with E-state index in [0.717, 1.165) is 0 Å². The maximum absolute atomic E-state index is 2.36. The first-order chi connectivity index (χ1) is 24.8. The molecule has 0 aliphatic rings. The molecule has 0 radical (unpaired) electrons. The predicted molar refractivity (Wildman–Crippen MR) is 216 cm³/mol. The van der Waals surface area contributed by atoms with Gasteiger partial charge < -0.3 is 0 Å². The fourth-order valence-electron chi connectivity index (χ4n) is 8.16. The molecule has 0 aliphatic carbocycles. The molecule has 0 heterocycles. The lowest BCUT2D eigenvalue weighted by Crippen LogP contribution is -1.92. The van der Waals surface area contributed by atoms with Gasteiger partial charge in [0.25, 0.3) is 0 Å². The van der Waals surface area contributed by atoms with E-state index in [0.29, 0.717) is 0 Å². The van der Waals surface area contributed by atoms with Gasteiger partial charge in [0.15, 0.2) is 0 Å². The summed E-state index contributed by atoms with van der Waals surface area (Å²) in [7, 11) is 0. The summed E-state index contributed by atoms with van der Waals surface area (Å²) in [5.41, 5.74) is 9.99. The van der Waals surface area contributed by atoms with E-state index < -0.39 is 0 Å². The van der Waals surface area contributed by atoms with Crippen molar-refractivity contribution in [2.24, 2.45) is 0 Å². The minimum Gasteiger partial charge on any atom is -0.0616 e. The van der Waals surface area contributed by atoms with Gasteiger partial charge >= 0.3 is 0 Å². The average molecular weight is 633 g/mol. The SMILES string of the molecule is c1ccc2cc(-c3cccc4c(-c5ccc(-c6cccc7ccccc67)c6c(-c7cccc8ccccc78)cccc56)cccc34)ccc2c1. The van der Waals surface area contributed by atoms with Gasteiger partial charge in [0.2, 0.25) is 0 Å². The van der Waals surface area contributed by atoms with E-state index in [1.807, 2.05) is 0 Å². The van der Waals surface area contributed by atoms with Crippen LogP contribution in [0, 0.1) is 0 Å². The number of rotatable bonds is 4. The second-order valence-electron chi connectivity index (χ2n) is 13.2. The Hall–Kier alpha value is -6.50. The smallest absolute Gasteiger partial charge is 0.00201 e. The summed E-state index contributed by atoms with van der Waals surface area (Å²) < 4.78 is 0. The lowest BCUT2D eigenvalue weighted by Gasteiger charge is -2.19. The first-order valence-electron chi connectivity index (χ1n) is 17.4. The molecule has 0 nitrogen and oxygen atoms in total. The first-order valence-corrected chi connectivity index (χ1v) is 17.4. The molecule has 232 valence electrons. The van der Waals surface area contributed by atoms with Crippen LogP contribution in [-0.4, -0.2) is 0 Å². The Labute approximate surface area is 291 Å². The van der Waals surface area contributed by atoms with E-state index >= 15 is 0 Å². The van der Waals surface area contributed by atoms with E-state index in [4.69, 9.17) is 0 Å². The molecule has 0 aliphatic heterocycles. The number of hydrogen-bond donors (Lipinski definition) is 0. The molecule has 50 heavy (non-hydrogen) atoms. The normalized spacial score (nSPS) is 11.6. The van der Waals surface area contributed by atoms with Crippen molar-refractivity contribution in [3.05, 3.63) is 194 Å². The van der Waals surface area contributed by atoms with Gasteiger partial charge in [0.05, 0.1) is 0 Å². The number of hydrogen-bond acceptors (Lipinski definition) is 0. The van der Waals surface area contributed by atoms with Crippen molar-refractivity contribution in [1.29, 1.82) is 0 Å². The lowest BCUT2D eigenvalue weighted by molar-refractivity contribution is 1.64. The third-order valence-corrected chi connectivity index (χ3v) is 10.5. The van der Waals surface area contributed by atoms with Crippen molar-refractivity contribution in [3.8, 4) is 44.5 Å². The van der Waals surface area contributed by atoms with E-state index in [1.54, 1.807) is 0 Å². The molecule has 0 spiro atoms. The summed E-state index contributed by atoms with van der Waals surface area (Å²) in [6, 6.07) is 71.4. The van der Waals surface area contributed by atoms with Crippen molar-refractivity contribution in [3.63, 3.8) is 0 Å². The summed E-state index contributed by atoms with van der Waals surface area (Å²) in [6.07, 6.45) is 0. The van der Waals surface area contributed by atoms with Crippen molar-refractivity contribution < 1.29 is 0 Å². The molecule has 0 saturated heterocycles. The topological polar surface area (TPSA) is 0 Å². The lowest BCUT2D eigenvalue weighted by atomic mass is 9.84. The van der Waals surface area contributed by atoms with Crippen LogP contribution in [0.5, 0.6) is 0 Å². The van der Waals surface area contributed by atoms with Crippen LogP contribution in [0.25, 0.3) is 98.4 Å². The maximum Gasteiger partial charge on any atom is -0.00201 e. The van der Waals surface area contributed by atoms with E-state index in [2.05, 4.69) is 194 Å². The zero-order valence-electron chi connectivity index (χ0n) is 27.5. The molecule has 0 unspecified atom stereocenters. The summed E-state index contributed by atoms with van der Waals surface area (Å²) in [5, 5.41) is 12.6. The van der Waals surface area contributed by atoms with Crippen LogP contribution in [0.4, 0.5) is 0 Å². The monoisotopic (exact) mass is 632 g/mol. The van der Waals surface area contributed by atoms with Gasteiger partial charge in [-0.05, 0) is 104 Å². The standard InChI is InChI=1S/C50H32/c1-2-15-36-32-37(29-28-33(36)12-1)40-20-9-24-44-41(40)23-10-25-45(44)46-30-31-49(43-22-8-17-35-14-4-6-19-39(35)43)50-47(26-11-27-48(46)50)42-21-7-16-34-13-3-5-18-38(34)42/h1-32H. The van der Waals surface area contributed by atoms with Crippen molar-refractivity contribution in [1.82, 2.24) is 0 Å². The first kappa shape index (κ1) is 28.5. The van der Waals surface area contributed by atoms with Gasteiger partial charge in [0.1, 0.15) is 0 Å². The van der Waals surface area contributed by atoms with E-state index in [1.165, 1.54) is 98.4 Å². The van der Waals surface area contributed by atoms with Crippen molar-refractivity contribution >= 4 is 53.9 Å². The van der Waals surface area contributed by atoms with Crippen molar-refractivity contribution in [2.75, 3.05) is 0 Å². The van der Waals surface area contributed by atoms with Crippen LogP contribution in [0.1, 0.15) is 0 Å². The summed E-state index contributed by atoms with van der Waals surface area (Å²) in [4.78, 5) is 0. The molecule has 0 fully saturated rings. The molecular weight excluding hydrogens is 601 g/mol. The van der Waals surface area contributed by atoms with Crippen LogP contribution in [-0.2, 0) is 0 Å². The second-order valence-corrected chi connectivity index (χ2v) is 13.2. The highest BCUT2D eigenvalue weighted by Crippen LogP contribution is 2.46. The second kappa shape index (κ2) is 11.6. The third-order valence-electron chi connectivity index (χ3n) is 10.5. The molecule has 10 aromatic rings. The van der Waals surface area contributed by atoms with Gasteiger partial charge in [-0.25, -0.2) is 0 Å². The minimum absolute atomic E-state index is 1.24. The van der Waals surface area contributed by atoms with Gasteiger partial charge in [-0.2, -0.15) is 0 Å². The summed E-state index contributed by atoms with van der Waals surface area (Å²) >= 11 is 0. The zero-order chi connectivity index (χ0) is 33.0. The third kappa shape index (κ3) is 4.54. The number of benzene rings is 10. The average Bonchev–Trinajstić information content (AvgIpc) is 3.19. The predicted octanol–water partition coefficient (Wildman–Crippen LogP) is 14.1. The molecule has 0 aromatic heterocycles. The molecule has 10 aromatic carbocycles. The molecule has 0 amide bonds.